The topological polar surface area (TPSA) is 84.5 Å². The first-order valence-corrected chi connectivity index (χ1v) is 9.72. The minimum Gasteiger partial charge on any atom is -0.495 e. The van der Waals surface area contributed by atoms with E-state index in [2.05, 4.69) is 10.0 Å². The average molecular weight is 386 g/mol. The van der Waals surface area contributed by atoms with Crippen molar-refractivity contribution < 1.29 is 17.9 Å². The maximum absolute atomic E-state index is 12.8. The van der Waals surface area contributed by atoms with Gasteiger partial charge in [0.25, 0.3) is 10.0 Å². The highest BCUT2D eigenvalue weighted by atomic mass is 32.2. The van der Waals surface area contributed by atoms with Gasteiger partial charge in [0.05, 0.1) is 17.7 Å². The summed E-state index contributed by atoms with van der Waals surface area (Å²) in [6.45, 7) is 3.53. The Morgan fingerprint density at radius 2 is 1.85 bits per heavy atom. The van der Waals surface area contributed by atoms with Crippen molar-refractivity contribution in [2.24, 2.45) is 0 Å². The van der Waals surface area contributed by atoms with E-state index in [4.69, 9.17) is 4.74 Å². The van der Waals surface area contributed by atoms with Crippen molar-refractivity contribution in [2.75, 3.05) is 17.1 Å². The van der Waals surface area contributed by atoms with Gasteiger partial charge in [0.1, 0.15) is 5.75 Å². The normalized spacial score (nSPS) is 11.7. The van der Waals surface area contributed by atoms with E-state index < -0.39 is 10.0 Å². The lowest BCUT2D eigenvalue weighted by Gasteiger charge is -2.14. The molecule has 0 aliphatic heterocycles. The van der Waals surface area contributed by atoms with E-state index in [0.717, 1.165) is 0 Å². The lowest BCUT2D eigenvalue weighted by atomic mass is 10.2. The molecule has 2 N–H and O–H groups in total. The predicted molar refractivity (Wildman–Crippen MR) is 108 cm³/mol. The molecular formula is C20H22N2O4S. The summed E-state index contributed by atoms with van der Waals surface area (Å²) < 4.78 is 33.4. The van der Waals surface area contributed by atoms with Crippen LogP contribution in [0.15, 0.2) is 71.7 Å². The molecule has 0 heterocycles. The Morgan fingerprint density at radius 1 is 1.11 bits per heavy atom. The fourth-order valence-electron chi connectivity index (χ4n) is 2.33. The van der Waals surface area contributed by atoms with Crippen LogP contribution in [0.5, 0.6) is 5.75 Å². The van der Waals surface area contributed by atoms with Gasteiger partial charge < -0.3 is 10.1 Å². The number of hydrogen-bond donors (Lipinski definition) is 2. The smallest absolute Gasteiger partial charge is 0.262 e. The molecule has 0 spiro atoms. The second-order valence-electron chi connectivity index (χ2n) is 5.66. The molecule has 0 unspecified atom stereocenters. The van der Waals surface area contributed by atoms with Gasteiger partial charge in [0, 0.05) is 11.8 Å². The molecule has 0 atom stereocenters. The van der Waals surface area contributed by atoms with Crippen LogP contribution in [0, 0.1) is 6.92 Å². The maximum atomic E-state index is 12.8. The van der Waals surface area contributed by atoms with Gasteiger partial charge in [0.2, 0.25) is 5.91 Å². The van der Waals surface area contributed by atoms with Gasteiger partial charge >= 0.3 is 0 Å². The van der Waals surface area contributed by atoms with Gasteiger partial charge in [-0.2, -0.15) is 0 Å². The number of rotatable bonds is 7. The molecule has 2 aromatic carbocycles. The zero-order chi connectivity index (χ0) is 19.9. The fourth-order valence-corrected chi connectivity index (χ4v) is 3.68. The van der Waals surface area contributed by atoms with Gasteiger partial charge in [-0.1, -0.05) is 36.4 Å². The fraction of sp³-hybridized carbons (Fsp3) is 0.150. The highest BCUT2D eigenvalue weighted by Crippen LogP contribution is 2.28. The maximum Gasteiger partial charge on any atom is 0.262 e. The van der Waals surface area contributed by atoms with Crippen molar-refractivity contribution in [3.63, 3.8) is 0 Å². The monoisotopic (exact) mass is 386 g/mol. The van der Waals surface area contributed by atoms with E-state index in [9.17, 15) is 13.2 Å². The number of ether oxygens (including phenoxy) is 1. The van der Waals surface area contributed by atoms with Crippen LogP contribution in [0.3, 0.4) is 0 Å². The van der Waals surface area contributed by atoms with E-state index in [0.29, 0.717) is 22.7 Å². The average Bonchev–Trinajstić information content (AvgIpc) is 2.63. The van der Waals surface area contributed by atoms with E-state index in [1.807, 2.05) is 6.92 Å². The van der Waals surface area contributed by atoms with Crippen LogP contribution in [0.4, 0.5) is 11.4 Å². The van der Waals surface area contributed by atoms with Crippen LogP contribution in [-0.4, -0.2) is 21.4 Å². The molecule has 7 heteroatoms. The highest BCUT2D eigenvalue weighted by molar-refractivity contribution is 7.92. The largest absolute Gasteiger partial charge is 0.495 e. The third kappa shape index (κ3) is 5.46. The van der Waals surface area contributed by atoms with E-state index in [-0.39, 0.29) is 10.8 Å². The zero-order valence-electron chi connectivity index (χ0n) is 15.4. The van der Waals surface area contributed by atoms with Gasteiger partial charge in [0.15, 0.2) is 0 Å². The summed E-state index contributed by atoms with van der Waals surface area (Å²) in [6.07, 6.45) is 6.48. The molecule has 2 rings (SSSR count). The minimum atomic E-state index is -3.87. The number of methoxy groups -OCH3 is 1. The summed E-state index contributed by atoms with van der Waals surface area (Å²) in [5, 5.41) is 2.65. The summed E-state index contributed by atoms with van der Waals surface area (Å²) in [7, 11) is -2.40. The molecule has 6 nitrogen and oxygen atoms in total. The minimum absolute atomic E-state index is 0.0728. The van der Waals surface area contributed by atoms with Crippen LogP contribution in [0.25, 0.3) is 0 Å². The molecule has 1 amide bonds. The lowest BCUT2D eigenvalue weighted by molar-refractivity contribution is -0.111. The Balaban J connectivity index is 2.30. The zero-order valence-corrected chi connectivity index (χ0v) is 16.2. The summed E-state index contributed by atoms with van der Waals surface area (Å²) >= 11 is 0. The third-order valence-corrected chi connectivity index (χ3v) is 5.16. The van der Waals surface area contributed by atoms with Gasteiger partial charge in [-0.05, 0) is 43.7 Å². The first kappa shape index (κ1) is 20.3. The highest BCUT2D eigenvalue weighted by Gasteiger charge is 2.19. The van der Waals surface area contributed by atoms with Crippen LogP contribution in [-0.2, 0) is 14.8 Å². The number of aryl methyl sites for hydroxylation is 1. The second-order valence-corrected chi connectivity index (χ2v) is 7.31. The van der Waals surface area contributed by atoms with E-state index in [1.165, 1.54) is 19.3 Å². The number of carbonyl (C=O) groups is 1. The molecule has 0 aliphatic carbocycles. The van der Waals surface area contributed by atoms with Gasteiger partial charge in [-0.15, -0.1) is 0 Å². The first-order valence-electron chi connectivity index (χ1n) is 8.24. The van der Waals surface area contributed by atoms with Crippen molar-refractivity contribution in [2.45, 2.75) is 18.7 Å². The van der Waals surface area contributed by atoms with Crippen molar-refractivity contribution in [3.8, 4) is 5.75 Å². The predicted octanol–water partition coefficient (Wildman–Crippen LogP) is 3.88. The van der Waals surface area contributed by atoms with Crippen molar-refractivity contribution >= 4 is 27.3 Å². The molecule has 0 aromatic heterocycles. The molecule has 27 heavy (non-hydrogen) atoms. The SMILES string of the molecule is C/C=C/C=C/C(=O)Nc1ccc(C)c(S(=O)(=O)Nc2ccccc2OC)c1. The number of carbonyl (C=O) groups excluding carboxylic acids is 1. The van der Waals surface area contributed by atoms with E-state index >= 15 is 0 Å². The molecule has 0 saturated carbocycles. The molecule has 142 valence electrons. The molecule has 0 fully saturated rings. The van der Waals surface area contributed by atoms with Crippen molar-refractivity contribution in [3.05, 3.63) is 72.3 Å². The first-order chi connectivity index (χ1) is 12.9. The molecule has 2 aromatic rings. The van der Waals surface area contributed by atoms with Crippen LogP contribution >= 0.6 is 0 Å². The Kier molecular flexibility index (Phi) is 6.79. The number of para-hydroxylation sites is 2. The van der Waals surface area contributed by atoms with Gasteiger partial charge in [-0.3, -0.25) is 9.52 Å². The Hall–Kier alpha value is -3.06. The number of hydrogen-bond acceptors (Lipinski definition) is 4. The van der Waals surface area contributed by atoms with Crippen molar-refractivity contribution in [1.29, 1.82) is 0 Å². The summed E-state index contributed by atoms with van der Waals surface area (Å²) in [5.41, 5.74) is 1.28. The number of benzene rings is 2. The lowest BCUT2D eigenvalue weighted by Crippen LogP contribution is -2.16. The Morgan fingerprint density at radius 3 is 2.56 bits per heavy atom. The molecule has 0 aliphatic rings. The number of anilines is 2. The van der Waals surface area contributed by atoms with Crippen LogP contribution in [0.2, 0.25) is 0 Å². The summed E-state index contributed by atoms with van der Waals surface area (Å²) in [4.78, 5) is 12.0. The van der Waals surface area contributed by atoms with Crippen LogP contribution < -0.4 is 14.8 Å². The summed E-state index contributed by atoms with van der Waals surface area (Å²) in [6, 6.07) is 11.5. The second kappa shape index (κ2) is 9.05. The van der Waals surface area contributed by atoms with Crippen LogP contribution in [0.1, 0.15) is 12.5 Å². The molecule has 0 saturated heterocycles. The van der Waals surface area contributed by atoms with Gasteiger partial charge in [-0.25, -0.2) is 8.42 Å². The van der Waals surface area contributed by atoms with E-state index in [1.54, 1.807) is 61.5 Å². The number of amides is 1. The Labute approximate surface area is 159 Å². The third-order valence-electron chi connectivity index (χ3n) is 3.65. The number of allylic oxidation sites excluding steroid dienone is 3. The number of nitrogens with one attached hydrogen (secondary N) is 2. The Bertz CT molecular complexity index is 979. The molecular weight excluding hydrogens is 364 g/mol. The molecule has 0 radical (unpaired) electrons. The quantitative estimate of drug-likeness (QED) is 0.559. The molecule has 0 bridgehead atoms. The standard InChI is InChI=1S/C20H22N2O4S/c1-4-5-6-11-20(23)21-16-13-12-15(2)19(14-16)27(24,25)22-17-9-7-8-10-18(17)26-3/h4-14,22H,1-3H3,(H,21,23)/b5-4+,11-6+. The number of sulfonamides is 1. The summed E-state index contributed by atoms with van der Waals surface area (Å²) in [5.74, 6) is 0.0651. The van der Waals surface area contributed by atoms with Crippen molar-refractivity contribution in [1.82, 2.24) is 0 Å².